The van der Waals surface area contributed by atoms with Crippen LogP contribution in [-0.4, -0.2) is 34.9 Å². The van der Waals surface area contributed by atoms with E-state index in [1.807, 2.05) is 6.07 Å². The lowest BCUT2D eigenvalue weighted by Crippen LogP contribution is -2.60. The minimum Gasteiger partial charge on any atom is -0.355 e. The van der Waals surface area contributed by atoms with E-state index in [9.17, 15) is 0 Å². The van der Waals surface area contributed by atoms with Crippen LogP contribution >= 0.6 is 22.6 Å². The van der Waals surface area contributed by atoms with Gasteiger partial charge in [-0.3, -0.25) is 0 Å². The molecule has 3 atom stereocenters. The molecule has 4 nitrogen and oxygen atoms in total. The van der Waals surface area contributed by atoms with E-state index in [1.54, 1.807) is 0 Å². The van der Waals surface area contributed by atoms with Crippen molar-refractivity contribution < 1.29 is 0 Å². The molecule has 2 bridgehead atoms. The van der Waals surface area contributed by atoms with Gasteiger partial charge in [0, 0.05) is 24.7 Å². The third-order valence-corrected chi connectivity index (χ3v) is 6.08. The highest BCUT2D eigenvalue weighted by atomic mass is 127. The molecule has 0 saturated carbocycles. The van der Waals surface area contributed by atoms with Crippen LogP contribution in [0.2, 0.25) is 0 Å². The Morgan fingerprint density at radius 2 is 2.10 bits per heavy atom. The Balaban J connectivity index is 1.82. The number of nitrogens with zero attached hydrogens (tertiary/aromatic N) is 3. The van der Waals surface area contributed by atoms with E-state index in [2.05, 4.69) is 76.9 Å². The van der Waals surface area contributed by atoms with Gasteiger partial charge >= 0.3 is 0 Å². The molecule has 1 aromatic heterocycles. The summed E-state index contributed by atoms with van der Waals surface area (Å²) in [6.07, 6.45) is 5.00. The first kappa shape index (κ1) is 15.5. The van der Waals surface area contributed by atoms with Gasteiger partial charge in [-0.2, -0.15) is 0 Å². The lowest BCUT2D eigenvalue weighted by atomic mass is 9.68. The molecule has 5 heteroatoms. The van der Waals surface area contributed by atoms with Crippen LogP contribution in [0.5, 0.6) is 0 Å². The van der Waals surface area contributed by atoms with Crippen LogP contribution in [0.1, 0.15) is 46.5 Å². The highest BCUT2D eigenvalue weighted by molar-refractivity contribution is 14.1. The van der Waals surface area contributed by atoms with E-state index in [1.165, 1.54) is 25.7 Å². The second-order valence-corrected chi connectivity index (χ2v) is 8.74. The molecule has 2 aliphatic heterocycles. The molecule has 2 aliphatic rings. The fraction of sp³-hybridized carbons (Fsp3) is 0.750. The van der Waals surface area contributed by atoms with E-state index in [0.717, 1.165) is 9.52 Å². The van der Waals surface area contributed by atoms with Crippen LogP contribution in [0.25, 0.3) is 0 Å². The Morgan fingerprint density at radius 1 is 1.33 bits per heavy atom. The van der Waals surface area contributed by atoms with E-state index in [-0.39, 0.29) is 5.54 Å². The maximum atomic E-state index is 4.36. The zero-order valence-electron chi connectivity index (χ0n) is 13.4. The van der Waals surface area contributed by atoms with Crippen molar-refractivity contribution in [3.63, 3.8) is 0 Å². The predicted molar refractivity (Wildman–Crippen MR) is 94.5 cm³/mol. The van der Waals surface area contributed by atoms with Crippen molar-refractivity contribution in [1.29, 1.82) is 0 Å². The molecule has 1 aromatic rings. The Hall–Kier alpha value is -0.430. The van der Waals surface area contributed by atoms with Crippen LogP contribution in [0.4, 0.5) is 5.82 Å². The fourth-order valence-corrected chi connectivity index (χ4v) is 4.27. The topological polar surface area (TPSA) is 41.1 Å². The standard InChI is InChI=1S/C16H25IN4/c1-15(2,3)16-8-7-11(18-16)9-12(10-16)21(4)14-6-5-13(17)19-20-14/h5-6,11-12,18H,7-10H2,1-4H3/t11-,12-,16+/m0/s1. The van der Waals surface area contributed by atoms with Crippen LogP contribution in [0.15, 0.2) is 12.1 Å². The predicted octanol–water partition coefficient (Wildman–Crippen LogP) is 3.22. The highest BCUT2D eigenvalue weighted by Crippen LogP contribution is 2.47. The summed E-state index contributed by atoms with van der Waals surface area (Å²) < 4.78 is 0.946. The second-order valence-electron chi connectivity index (χ2n) is 7.63. The van der Waals surface area contributed by atoms with Crippen molar-refractivity contribution in [2.24, 2.45) is 5.41 Å². The maximum Gasteiger partial charge on any atom is 0.151 e. The first-order valence-electron chi connectivity index (χ1n) is 7.80. The Bertz CT molecular complexity index is 510. The van der Waals surface area contributed by atoms with Crippen molar-refractivity contribution in [3.8, 4) is 0 Å². The number of hydrogen-bond donors (Lipinski definition) is 1. The van der Waals surface area contributed by atoms with E-state index in [4.69, 9.17) is 0 Å². The van der Waals surface area contributed by atoms with Gasteiger partial charge < -0.3 is 10.2 Å². The minimum atomic E-state index is 0.269. The van der Waals surface area contributed by atoms with Gasteiger partial charge in [0.15, 0.2) is 5.82 Å². The van der Waals surface area contributed by atoms with Gasteiger partial charge in [-0.15, -0.1) is 10.2 Å². The lowest BCUT2D eigenvalue weighted by molar-refractivity contribution is 0.108. The summed E-state index contributed by atoms with van der Waals surface area (Å²) in [4.78, 5) is 2.34. The molecule has 3 rings (SSSR count). The molecule has 0 unspecified atom stereocenters. The van der Waals surface area contributed by atoms with Gasteiger partial charge in [-0.25, -0.2) is 0 Å². The number of halogens is 1. The van der Waals surface area contributed by atoms with Crippen molar-refractivity contribution >= 4 is 28.4 Å². The molecular formula is C16H25IN4. The quantitative estimate of drug-likeness (QED) is 0.775. The molecule has 21 heavy (non-hydrogen) atoms. The van der Waals surface area contributed by atoms with Gasteiger partial charge in [-0.05, 0) is 65.8 Å². The van der Waals surface area contributed by atoms with Gasteiger partial charge in [0.05, 0.1) is 0 Å². The normalized spacial score (nSPS) is 32.2. The van der Waals surface area contributed by atoms with Crippen molar-refractivity contribution in [3.05, 3.63) is 15.8 Å². The van der Waals surface area contributed by atoms with Gasteiger partial charge in [0.25, 0.3) is 0 Å². The van der Waals surface area contributed by atoms with E-state index >= 15 is 0 Å². The average Bonchev–Trinajstić information content (AvgIpc) is 2.74. The van der Waals surface area contributed by atoms with Crippen LogP contribution in [0.3, 0.4) is 0 Å². The molecule has 0 spiro atoms. The summed E-state index contributed by atoms with van der Waals surface area (Å²) in [7, 11) is 2.17. The van der Waals surface area contributed by atoms with E-state index in [0.29, 0.717) is 17.5 Å². The minimum absolute atomic E-state index is 0.269. The third-order valence-electron chi connectivity index (χ3n) is 5.50. The molecular weight excluding hydrogens is 375 g/mol. The molecule has 3 heterocycles. The molecule has 0 radical (unpaired) electrons. The van der Waals surface area contributed by atoms with Crippen molar-refractivity contribution in [2.45, 2.75) is 64.1 Å². The van der Waals surface area contributed by atoms with Gasteiger partial charge in [0.1, 0.15) is 3.70 Å². The number of rotatable bonds is 2. The summed E-state index contributed by atoms with van der Waals surface area (Å²) in [6, 6.07) is 5.33. The van der Waals surface area contributed by atoms with E-state index < -0.39 is 0 Å². The fourth-order valence-electron chi connectivity index (χ4n) is 3.98. The monoisotopic (exact) mass is 400 g/mol. The first-order valence-corrected chi connectivity index (χ1v) is 8.88. The molecule has 2 fully saturated rings. The second kappa shape index (κ2) is 5.33. The van der Waals surface area contributed by atoms with Crippen LogP contribution in [-0.2, 0) is 0 Å². The molecule has 116 valence electrons. The van der Waals surface area contributed by atoms with Crippen molar-refractivity contribution in [1.82, 2.24) is 15.5 Å². The number of fused-ring (bicyclic) bond motifs is 2. The number of hydrogen-bond acceptors (Lipinski definition) is 4. The average molecular weight is 400 g/mol. The summed E-state index contributed by atoms with van der Waals surface area (Å²) in [5.41, 5.74) is 0.560. The number of anilines is 1. The Labute approximate surface area is 141 Å². The largest absolute Gasteiger partial charge is 0.355 e. The summed E-state index contributed by atoms with van der Waals surface area (Å²) in [5, 5.41) is 12.5. The summed E-state index contributed by atoms with van der Waals surface area (Å²) >= 11 is 2.20. The number of aromatic nitrogens is 2. The first-order chi connectivity index (χ1) is 9.81. The SMILES string of the molecule is CN(c1ccc(I)nn1)[C@H]1C[C@@H]2CC[C@](C(C)(C)C)(C1)N2. The van der Waals surface area contributed by atoms with Gasteiger partial charge in [-0.1, -0.05) is 20.8 Å². The lowest BCUT2D eigenvalue weighted by Gasteiger charge is -2.49. The van der Waals surface area contributed by atoms with Crippen LogP contribution < -0.4 is 10.2 Å². The molecule has 0 amide bonds. The smallest absolute Gasteiger partial charge is 0.151 e. The summed E-state index contributed by atoms with van der Waals surface area (Å²) in [6.45, 7) is 7.11. The highest BCUT2D eigenvalue weighted by Gasteiger charge is 2.52. The Morgan fingerprint density at radius 3 is 2.71 bits per heavy atom. The third kappa shape index (κ3) is 2.79. The Kier molecular flexibility index (Phi) is 3.93. The molecule has 2 saturated heterocycles. The molecule has 0 aromatic carbocycles. The van der Waals surface area contributed by atoms with Crippen molar-refractivity contribution in [2.75, 3.05) is 11.9 Å². The zero-order chi connectivity index (χ0) is 15.3. The molecule has 0 aliphatic carbocycles. The number of nitrogens with one attached hydrogen (secondary N) is 1. The molecule has 1 N–H and O–H groups in total. The number of piperidine rings is 1. The zero-order valence-corrected chi connectivity index (χ0v) is 15.5. The van der Waals surface area contributed by atoms with Gasteiger partial charge in [0.2, 0.25) is 0 Å². The summed E-state index contributed by atoms with van der Waals surface area (Å²) in [5.74, 6) is 0.991. The van der Waals surface area contributed by atoms with Crippen LogP contribution in [0, 0.1) is 9.12 Å². The maximum absolute atomic E-state index is 4.36.